The second-order valence-electron chi connectivity index (χ2n) is 6.09. The van der Waals surface area contributed by atoms with E-state index in [1.807, 2.05) is 60.4 Å². The summed E-state index contributed by atoms with van der Waals surface area (Å²) in [5.74, 6) is 1.23. The van der Waals surface area contributed by atoms with Crippen LogP contribution in [0.15, 0.2) is 59.1 Å². The van der Waals surface area contributed by atoms with Crippen LogP contribution >= 0.6 is 0 Å². The maximum absolute atomic E-state index is 12.6. The molecule has 1 saturated heterocycles. The molecule has 1 aliphatic heterocycles. The number of aryl methyl sites for hydroxylation is 1. The van der Waals surface area contributed by atoms with Gasteiger partial charge in [-0.25, -0.2) is 4.98 Å². The first-order chi connectivity index (χ1) is 11.7. The number of carbonyl (C=O) groups excluding carboxylic acids is 1. The third-order valence-electron chi connectivity index (χ3n) is 4.37. The monoisotopic (exact) mass is 318 g/mol. The van der Waals surface area contributed by atoms with Crippen LogP contribution in [0.3, 0.4) is 0 Å². The highest BCUT2D eigenvalue weighted by atomic mass is 16.4. The molecule has 1 aromatic heterocycles. The maximum atomic E-state index is 12.6. The van der Waals surface area contributed by atoms with E-state index in [2.05, 4.69) is 4.98 Å². The summed E-state index contributed by atoms with van der Waals surface area (Å²) in [6.07, 6.45) is 2.79. The quantitative estimate of drug-likeness (QED) is 0.728. The van der Waals surface area contributed by atoms with Crippen molar-refractivity contribution in [2.24, 2.45) is 0 Å². The van der Waals surface area contributed by atoms with Crippen molar-refractivity contribution >= 4 is 5.91 Å². The third kappa shape index (κ3) is 2.60. The van der Waals surface area contributed by atoms with Crippen LogP contribution in [0.5, 0.6) is 0 Å². The van der Waals surface area contributed by atoms with Crippen LogP contribution in [-0.4, -0.2) is 28.9 Å². The van der Waals surface area contributed by atoms with Gasteiger partial charge in [-0.15, -0.1) is 0 Å². The van der Waals surface area contributed by atoms with E-state index < -0.39 is 0 Å². The average molecular weight is 318 g/mol. The zero-order valence-electron chi connectivity index (χ0n) is 13.5. The number of benzene rings is 2. The number of hydrogen-bond donors (Lipinski definition) is 0. The standard InChI is InChI=1S/C20H18N2O2/c1-14-7-9-15(10-8-14)18-13-21-19(24-18)16-5-2-3-6-17(16)20(23)22-11-4-12-22/h2-3,5-10,13H,4,11-12H2,1H3. The van der Waals surface area contributed by atoms with Crippen LogP contribution in [0.25, 0.3) is 22.8 Å². The number of likely N-dealkylation sites (tertiary alicyclic amines) is 1. The van der Waals surface area contributed by atoms with Crippen molar-refractivity contribution < 1.29 is 9.21 Å². The molecule has 2 aromatic carbocycles. The molecule has 120 valence electrons. The van der Waals surface area contributed by atoms with E-state index in [1.54, 1.807) is 6.20 Å². The molecule has 0 radical (unpaired) electrons. The maximum Gasteiger partial charge on any atom is 0.254 e. The molecule has 2 heterocycles. The molecule has 4 nitrogen and oxygen atoms in total. The van der Waals surface area contributed by atoms with Crippen LogP contribution in [0, 0.1) is 6.92 Å². The van der Waals surface area contributed by atoms with Gasteiger partial charge in [0.1, 0.15) is 0 Å². The summed E-state index contributed by atoms with van der Waals surface area (Å²) in [7, 11) is 0. The highest BCUT2D eigenvalue weighted by Crippen LogP contribution is 2.29. The Labute approximate surface area is 140 Å². The molecule has 0 spiro atoms. The summed E-state index contributed by atoms with van der Waals surface area (Å²) in [5, 5.41) is 0. The fourth-order valence-corrected chi connectivity index (χ4v) is 2.80. The van der Waals surface area contributed by atoms with Crippen molar-refractivity contribution in [1.82, 2.24) is 9.88 Å². The van der Waals surface area contributed by atoms with Crippen molar-refractivity contribution in [1.29, 1.82) is 0 Å². The van der Waals surface area contributed by atoms with E-state index in [0.29, 0.717) is 17.2 Å². The SMILES string of the molecule is Cc1ccc(-c2cnc(-c3ccccc3C(=O)N3CCC3)o2)cc1. The van der Waals surface area contributed by atoms with Crippen LogP contribution in [-0.2, 0) is 0 Å². The number of carbonyl (C=O) groups is 1. The summed E-state index contributed by atoms with van der Waals surface area (Å²) in [6.45, 7) is 3.70. The second-order valence-corrected chi connectivity index (χ2v) is 6.09. The molecule has 4 heteroatoms. The van der Waals surface area contributed by atoms with Gasteiger partial charge < -0.3 is 9.32 Å². The number of nitrogens with zero attached hydrogens (tertiary/aromatic N) is 2. The summed E-state index contributed by atoms with van der Waals surface area (Å²) < 4.78 is 5.94. The van der Waals surface area contributed by atoms with Gasteiger partial charge >= 0.3 is 0 Å². The first kappa shape index (κ1) is 14.7. The van der Waals surface area contributed by atoms with E-state index in [1.165, 1.54) is 5.56 Å². The number of aromatic nitrogens is 1. The van der Waals surface area contributed by atoms with Crippen LogP contribution < -0.4 is 0 Å². The van der Waals surface area contributed by atoms with E-state index in [0.717, 1.165) is 30.6 Å². The lowest BCUT2D eigenvalue weighted by Gasteiger charge is -2.31. The number of rotatable bonds is 3. The Bertz CT molecular complexity index is 877. The fraction of sp³-hybridized carbons (Fsp3) is 0.200. The highest BCUT2D eigenvalue weighted by molar-refractivity contribution is 6.00. The largest absolute Gasteiger partial charge is 0.436 e. The van der Waals surface area contributed by atoms with E-state index in [9.17, 15) is 4.79 Å². The molecule has 0 aliphatic carbocycles. The predicted molar refractivity (Wildman–Crippen MR) is 92.6 cm³/mol. The molecule has 1 fully saturated rings. The topological polar surface area (TPSA) is 46.3 Å². The van der Waals surface area contributed by atoms with Crippen molar-refractivity contribution in [2.45, 2.75) is 13.3 Å². The molecular weight excluding hydrogens is 300 g/mol. The number of amides is 1. The van der Waals surface area contributed by atoms with Crippen molar-refractivity contribution in [2.75, 3.05) is 13.1 Å². The summed E-state index contributed by atoms with van der Waals surface area (Å²) >= 11 is 0. The smallest absolute Gasteiger partial charge is 0.254 e. The van der Waals surface area contributed by atoms with Crippen LogP contribution in [0.4, 0.5) is 0 Å². The lowest BCUT2D eigenvalue weighted by Crippen LogP contribution is -2.42. The molecular formula is C20H18N2O2. The number of hydrogen-bond acceptors (Lipinski definition) is 3. The Hall–Kier alpha value is -2.88. The zero-order valence-corrected chi connectivity index (χ0v) is 13.5. The van der Waals surface area contributed by atoms with Gasteiger partial charge in [0.15, 0.2) is 5.76 Å². The summed E-state index contributed by atoms with van der Waals surface area (Å²) in [5.41, 5.74) is 3.57. The second kappa shape index (κ2) is 5.96. The molecule has 0 N–H and O–H groups in total. The molecule has 1 aliphatic rings. The van der Waals surface area contributed by atoms with Gasteiger partial charge in [0.2, 0.25) is 5.89 Å². The molecule has 0 atom stereocenters. The van der Waals surface area contributed by atoms with Gasteiger partial charge in [0.05, 0.1) is 11.8 Å². The molecule has 4 rings (SSSR count). The summed E-state index contributed by atoms with van der Waals surface area (Å²) in [6, 6.07) is 15.6. The normalized spacial score (nSPS) is 13.6. The average Bonchev–Trinajstić information content (AvgIpc) is 3.04. The Morgan fingerprint density at radius 2 is 1.83 bits per heavy atom. The van der Waals surface area contributed by atoms with Gasteiger partial charge in [-0.3, -0.25) is 4.79 Å². The van der Waals surface area contributed by atoms with E-state index in [-0.39, 0.29) is 5.91 Å². The van der Waals surface area contributed by atoms with Crippen LogP contribution in [0.1, 0.15) is 22.3 Å². The Morgan fingerprint density at radius 1 is 1.08 bits per heavy atom. The first-order valence-corrected chi connectivity index (χ1v) is 8.14. The molecule has 3 aromatic rings. The lowest BCUT2D eigenvalue weighted by molar-refractivity contribution is 0.0652. The third-order valence-corrected chi connectivity index (χ3v) is 4.37. The minimum Gasteiger partial charge on any atom is -0.436 e. The van der Waals surface area contributed by atoms with Gasteiger partial charge in [-0.2, -0.15) is 0 Å². The van der Waals surface area contributed by atoms with E-state index in [4.69, 9.17) is 4.42 Å². The first-order valence-electron chi connectivity index (χ1n) is 8.14. The van der Waals surface area contributed by atoms with Crippen molar-refractivity contribution in [3.63, 3.8) is 0 Å². The molecule has 0 saturated carbocycles. The van der Waals surface area contributed by atoms with Gasteiger partial charge in [-0.1, -0.05) is 42.0 Å². The highest BCUT2D eigenvalue weighted by Gasteiger charge is 2.25. The zero-order chi connectivity index (χ0) is 16.5. The molecule has 0 bridgehead atoms. The van der Waals surface area contributed by atoms with Gasteiger partial charge in [0, 0.05) is 24.2 Å². The minimum absolute atomic E-state index is 0.0481. The Balaban J connectivity index is 1.70. The Kier molecular flexibility index (Phi) is 3.65. The molecule has 0 unspecified atom stereocenters. The van der Waals surface area contributed by atoms with E-state index >= 15 is 0 Å². The lowest BCUT2D eigenvalue weighted by atomic mass is 10.0. The molecule has 24 heavy (non-hydrogen) atoms. The van der Waals surface area contributed by atoms with Crippen molar-refractivity contribution in [3.05, 3.63) is 65.9 Å². The summed E-state index contributed by atoms with van der Waals surface area (Å²) in [4.78, 5) is 18.8. The van der Waals surface area contributed by atoms with Gasteiger partial charge in [-0.05, 0) is 25.5 Å². The Morgan fingerprint density at radius 3 is 2.54 bits per heavy atom. The van der Waals surface area contributed by atoms with Gasteiger partial charge in [0.25, 0.3) is 5.91 Å². The number of oxazole rings is 1. The van der Waals surface area contributed by atoms with Crippen LogP contribution in [0.2, 0.25) is 0 Å². The molecule has 1 amide bonds. The van der Waals surface area contributed by atoms with Crippen molar-refractivity contribution in [3.8, 4) is 22.8 Å². The minimum atomic E-state index is 0.0481. The predicted octanol–water partition coefficient (Wildman–Crippen LogP) is 4.16. The fourth-order valence-electron chi connectivity index (χ4n) is 2.80.